The summed E-state index contributed by atoms with van der Waals surface area (Å²) in [6, 6.07) is 14.1. The van der Waals surface area contributed by atoms with Crippen LogP contribution in [0.2, 0.25) is 0 Å². The van der Waals surface area contributed by atoms with Crippen LogP contribution in [0, 0.1) is 6.92 Å². The monoisotopic (exact) mass is 467 g/mol. The predicted octanol–water partition coefficient (Wildman–Crippen LogP) is 5.88. The van der Waals surface area contributed by atoms with E-state index in [1.165, 1.54) is 0 Å². The van der Waals surface area contributed by atoms with Crippen LogP contribution in [-0.4, -0.2) is 28.2 Å². The van der Waals surface area contributed by atoms with Crippen molar-refractivity contribution >= 4 is 38.6 Å². The Balaban J connectivity index is 1.81. The molecule has 0 radical (unpaired) electrons. The number of hydrogen-bond acceptors (Lipinski definition) is 4. The van der Waals surface area contributed by atoms with Gasteiger partial charge in [0.25, 0.3) is 5.91 Å². The van der Waals surface area contributed by atoms with Gasteiger partial charge in [0.05, 0.1) is 11.6 Å². The van der Waals surface area contributed by atoms with Crippen LogP contribution in [-0.2, 0) is 4.79 Å². The normalized spacial score (nSPS) is 16.7. The van der Waals surface area contributed by atoms with Crippen LogP contribution >= 0.6 is 15.9 Å². The highest BCUT2D eigenvalue weighted by atomic mass is 79.9. The molecule has 6 heteroatoms. The lowest BCUT2D eigenvalue weighted by atomic mass is 9.94. The van der Waals surface area contributed by atoms with E-state index in [0.717, 1.165) is 33.8 Å². The molecule has 0 saturated carbocycles. The van der Waals surface area contributed by atoms with Gasteiger partial charge in [-0.05, 0) is 43.2 Å². The molecule has 0 bridgehead atoms. The van der Waals surface area contributed by atoms with E-state index in [4.69, 9.17) is 4.42 Å². The van der Waals surface area contributed by atoms with Gasteiger partial charge in [-0.1, -0.05) is 59.1 Å². The molecule has 5 nitrogen and oxygen atoms in total. The lowest BCUT2D eigenvalue weighted by Crippen LogP contribution is -2.32. The lowest BCUT2D eigenvalue weighted by molar-refractivity contribution is -0.129. The summed E-state index contributed by atoms with van der Waals surface area (Å²) in [4.78, 5) is 27.9. The van der Waals surface area contributed by atoms with Gasteiger partial charge in [0, 0.05) is 16.4 Å². The van der Waals surface area contributed by atoms with E-state index in [1.54, 1.807) is 17.0 Å². The van der Waals surface area contributed by atoms with Crippen LogP contribution in [0.1, 0.15) is 47.5 Å². The fourth-order valence-corrected chi connectivity index (χ4v) is 4.27. The number of aryl methyl sites for hydroxylation is 1. The van der Waals surface area contributed by atoms with Crippen molar-refractivity contribution in [2.24, 2.45) is 0 Å². The van der Waals surface area contributed by atoms with Gasteiger partial charge in [-0.15, -0.1) is 0 Å². The minimum absolute atomic E-state index is 0.0693. The van der Waals surface area contributed by atoms with Crippen molar-refractivity contribution in [2.75, 3.05) is 6.54 Å². The van der Waals surface area contributed by atoms with Crippen molar-refractivity contribution in [3.05, 3.63) is 81.2 Å². The molecule has 1 amide bonds. The van der Waals surface area contributed by atoms with Crippen LogP contribution in [0.4, 0.5) is 0 Å². The number of rotatable bonds is 6. The van der Waals surface area contributed by atoms with E-state index in [9.17, 15) is 14.7 Å². The van der Waals surface area contributed by atoms with Gasteiger partial charge in [-0.3, -0.25) is 9.59 Å². The molecule has 30 heavy (non-hydrogen) atoms. The Kier molecular flexibility index (Phi) is 5.52. The first kappa shape index (κ1) is 20.4. The van der Waals surface area contributed by atoms with Crippen LogP contribution in [0.5, 0.6) is 0 Å². The quantitative estimate of drug-likeness (QED) is 0.459. The molecule has 1 aromatic heterocycles. The number of aliphatic hydroxyl groups is 1. The molecular formula is C24H22BrNO4. The first-order valence-corrected chi connectivity index (χ1v) is 10.7. The third-order valence-corrected chi connectivity index (χ3v) is 5.85. The minimum Gasteiger partial charge on any atom is -0.503 e. The zero-order chi connectivity index (χ0) is 21.4. The number of fused-ring (bicyclic) bond motifs is 1. The molecule has 1 aliphatic heterocycles. The highest BCUT2D eigenvalue weighted by Crippen LogP contribution is 2.40. The number of benzene rings is 2. The van der Waals surface area contributed by atoms with E-state index < -0.39 is 23.5 Å². The molecule has 2 aromatic carbocycles. The van der Waals surface area contributed by atoms with Gasteiger partial charge in [-0.25, -0.2) is 0 Å². The SMILES string of the molecule is CCCCN1C(=O)C(O)=C(C(=O)c2cc3cc(Br)ccc3o2)C1c1cccc(C)c1. The van der Waals surface area contributed by atoms with Gasteiger partial charge < -0.3 is 14.4 Å². The molecule has 1 atom stereocenters. The number of nitrogens with zero attached hydrogens (tertiary/aromatic N) is 1. The highest BCUT2D eigenvalue weighted by Gasteiger charge is 2.44. The van der Waals surface area contributed by atoms with E-state index >= 15 is 0 Å². The number of halogens is 1. The number of carbonyl (C=O) groups excluding carboxylic acids is 2. The van der Waals surface area contributed by atoms with Crippen LogP contribution in [0.25, 0.3) is 11.0 Å². The summed E-state index contributed by atoms with van der Waals surface area (Å²) in [6.45, 7) is 4.45. The summed E-state index contributed by atoms with van der Waals surface area (Å²) in [5.74, 6) is -1.38. The smallest absolute Gasteiger partial charge is 0.290 e. The Morgan fingerprint density at radius 2 is 2.00 bits per heavy atom. The number of furan rings is 1. The fraction of sp³-hybridized carbons (Fsp3) is 0.250. The van der Waals surface area contributed by atoms with Gasteiger partial charge >= 0.3 is 0 Å². The predicted molar refractivity (Wildman–Crippen MR) is 118 cm³/mol. The summed E-state index contributed by atoms with van der Waals surface area (Å²) in [5.41, 5.74) is 2.45. The first-order chi connectivity index (χ1) is 14.4. The molecule has 0 fully saturated rings. The Bertz CT molecular complexity index is 1180. The average Bonchev–Trinajstić information content (AvgIpc) is 3.25. The first-order valence-electron chi connectivity index (χ1n) is 9.95. The second kappa shape index (κ2) is 8.11. The van der Waals surface area contributed by atoms with Crippen LogP contribution in [0.15, 0.2) is 68.8 Å². The van der Waals surface area contributed by atoms with Gasteiger partial charge in [0.15, 0.2) is 11.5 Å². The number of carbonyl (C=O) groups is 2. The van der Waals surface area contributed by atoms with Crippen molar-refractivity contribution in [3.63, 3.8) is 0 Å². The zero-order valence-corrected chi connectivity index (χ0v) is 18.4. The van der Waals surface area contributed by atoms with E-state index in [1.807, 2.05) is 50.2 Å². The second-order valence-electron chi connectivity index (χ2n) is 7.55. The summed E-state index contributed by atoms with van der Waals surface area (Å²) in [7, 11) is 0. The molecule has 0 spiro atoms. The van der Waals surface area contributed by atoms with Gasteiger partial charge in [-0.2, -0.15) is 0 Å². The maximum absolute atomic E-state index is 13.4. The van der Waals surface area contributed by atoms with Gasteiger partial charge in [0.1, 0.15) is 5.58 Å². The third-order valence-electron chi connectivity index (χ3n) is 5.36. The highest BCUT2D eigenvalue weighted by molar-refractivity contribution is 9.10. The fourth-order valence-electron chi connectivity index (χ4n) is 3.89. The Morgan fingerprint density at radius 3 is 2.73 bits per heavy atom. The molecular weight excluding hydrogens is 446 g/mol. The summed E-state index contributed by atoms with van der Waals surface area (Å²) >= 11 is 3.41. The average molecular weight is 468 g/mol. The summed E-state index contributed by atoms with van der Waals surface area (Å²) < 4.78 is 6.63. The number of Topliss-reactive ketones (excluding diaryl/α,β-unsaturated/α-hetero) is 1. The maximum Gasteiger partial charge on any atom is 0.290 e. The number of hydrogen-bond donors (Lipinski definition) is 1. The standard InChI is InChI=1S/C24H22BrNO4/c1-3-4-10-26-21(15-7-5-6-14(2)11-15)20(23(28)24(26)29)22(27)19-13-16-12-17(25)8-9-18(16)30-19/h5-9,11-13,21,28H,3-4,10H2,1-2H3. The topological polar surface area (TPSA) is 70.8 Å². The molecule has 2 heterocycles. The molecule has 1 aliphatic rings. The van der Waals surface area contributed by atoms with Crippen LogP contribution in [0.3, 0.4) is 0 Å². The Hall–Kier alpha value is -2.86. The number of aliphatic hydroxyl groups excluding tert-OH is 1. The van der Waals surface area contributed by atoms with E-state index in [2.05, 4.69) is 15.9 Å². The number of unbranched alkanes of at least 4 members (excludes halogenated alkanes) is 1. The van der Waals surface area contributed by atoms with Crippen molar-refractivity contribution in [1.82, 2.24) is 4.90 Å². The van der Waals surface area contributed by atoms with Crippen molar-refractivity contribution in [1.29, 1.82) is 0 Å². The van der Waals surface area contributed by atoms with Gasteiger partial charge in [0.2, 0.25) is 5.78 Å². The Morgan fingerprint density at radius 1 is 1.20 bits per heavy atom. The largest absolute Gasteiger partial charge is 0.503 e. The van der Waals surface area contributed by atoms with Crippen molar-refractivity contribution in [3.8, 4) is 0 Å². The Labute approximate surface area is 183 Å². The maximum atomic E-state index is 13.4. The minimum atomic E-state index is -0.642. The van der Waals surface area contributed by atoms with E-state index in [-0.39, 0.29) is 11.3 Å². The summed E-state index contributed by atoms with van der Waals surface area (Å²) in [6.07, 6.45) is 1.67. The second-order valence-corrected chi connectivity index (χ2v) is 8.47. The molecule has 1 unspecified atom stereocenters. The van der Waals surface area contributed by atoms with Crippen molar-refractivity contribution < 1.29 is 19.1 Å². The zero-order valence-electron chi connectivity index (χ0n) is 16.8. The molecule has 154 valence electrons. The number of amides is 1. The molecule has 4 rings (SSSR count). The number of ketones is 1. The third kappa shape index (κ3) is 3.56. The van der Waals surface area contributed by atoms with Crippen LogP contribution < -0.4 is 0 Å². The van der Waals surface area contributed by atoms with Crippen molar-refractivity contribution in [2.45, 2.75) is 32.7 Å². The lowest BCUT2D eigenvalue weighted by Gasteiger charge is -2.26. The molecule has 1 N–H and O–H groups in total. The van der Waals surface area contributed by atoms with E-state index in [0.29, 0.717) is 12.1 Å². The molecule has 0 saturated heterocycles. The molecule has 3 aromatic rings. The summed E-state index contributed by atoms with van der Waals surface area (Å²) in [5, 5.41) is 11.5. The molecule has 0 aliphatic carbocycles.